The lowest BCUT2D eigenvalue weighted by Crippen LogP contribution is -2.20. The average Bonchev–Trinajstić information content (AvgIpc) is 2.68. The van der Waals surface area contributed by atoms with Crippen LogP contribution in [-0.2, 0) is 0 Å². The zero-order valence-electron chi connectivity index (χ0n) is 17.9. The maximum absolute atomic E-state index is 12.8. The summed E-state index contributed by atoms with van der Waals surface area (Å²) in [6, 6.07) is 5.51. The number of ether oxygens (including phenoxy) is 1. The minimum Gasteiger partial charge on any atom is -0.507 e. The van der Waals surface area contributed by atoms with E-state index in [9.17, 15) is 25.2 Å². The fourth-order valence-corrected chi connectivity index (χ4v) is 3.56. The van der Waals surface area contributed by atoms with E-state index in [-0.39, 0.29) is 58.0 Å². The van der Waals surface area contributed by atoms with Crippen molar-refractivity contribution in [1.29, 1.82) is 0 Å². The number of allylic oxidation sites excluding steroid dienone is 3. The molecule has 0 saturated heterocycles. The zero-order valence-corrected chi connectivity index (χ0v) is 17.9. The minimum absolute atomic E-state index is 0.0360. The Morgan fingerprint density at radius 3 is 2.55 bits per heavy atom. The van der Waals surface area contributed by atoms with Gasteiger partial charge >= 0.3 is 0 Å². The predicted octanol–water partition coefficient (Wildman–Crippen LogP) is 5.61. The molecule has 0 radical (unpaired) electrons. The molecule has 0 saturated carbocycles. The Kier molecular flexibility index (Phi) is 6.59. The summed E-state index contributed by atoms with van der Waals surface area (Å²) in [5.74, 6) is -1.10. The summed E-state index contributed by atoms with van der Waals surface area (Å²) < 4.78 is 5.84. The van der Waals surface area contributed by atoms with Crippen LogP contribution in [0, 0.1) is 5.92 Å². The van der Waals surface area contributed by atoms with Crippen molar-refractivity contribution in [3.05, 3.63) is 58.7 Å². The van der Waals surface area contributed by atoms with Gasteiger partial charge in [0.15, 0.2) is 17.3 Å². The van der Waals surface area contributed by atoms with Gasteiger partial charge in [-0.3, -0.25) is 4.79 Å². The maximum atomic E-state index is 12.8. The van der Waals surface area contributed by atoms with Gasteiger partial charge in [-0.05, 0) is 50.3 Å². The van der Waals surface area contributed by atoms with Crippen LogP contribution in [0.4, 0.5) is 0 Å². The number of Topliss-reactive ketones (excluding diaryl/α,β-unsaturated/α-hetero) is 1. The lowest BCUT2D eigenvalue weighted by molar-refractivity contribution is 0.0844. The van der Waals surface area contributed by atoms with E-state index in [1.165, 1.54) is 23.8 Å². The largest absolute Gasteiger partial charge is 0.507 e. The summed E-state index contributed by atoms with van der Waals surface area (Å²) in [6.45, 7) is 6.16. The van der Waals surface area contributed by atoms with Crippen molar-refractivity contribution in [2.24, 2.45) is 5.92 Å². The van der Waals surface area contributed by atoms with Crippen molar-refractivity contribution in [1.82, 2.24) is 0 Å². The first-order valence-corrected chi connectivity index (χ1v) is 10.3. The van der Waals surface area contributed by atoms with E-state index in [1.54, 1.807) is 12.1 Å². The van der Waals surface area contributed by atoms with Crippen LogP contribution >= 0.6 is 0 Å². The molecule has 1 aliphatic heterocycles. The summed E-state index contributed by atoms with van der Waals surface area (Å²) in [5, 5.41) is 40.3. The topological polar surface area (TPSA) is 107 Å². The number of carbonyl (C=O) groups is 1. The van der Waals surface area contributed by atoms with Crippen molar-refractivity contribution < 1.29 is 30.0 Å². The number of phenols is 4. The predicted molar refractivity (Wildman–Crippen MR) is 119 cm³/mol. The fourth-order valence-electron chi connectivity index (χ4n) is 3.56. The molecule has 2 unspecified atom stereocenters. The highest BCUT2D eigenvalue weighted by Crippen LogP contribution is 2.45. The van der Waals surface area contributed by atoms with Gasteiger partial charge in [0.05, 0.1) is 12.0 Å². The van der Waals surface area contributed by atoms with E-state index >= 15 is 0 Å². The molecule has 6 nitrogen and oxygen atoms in total. The van der Waals surface area contributed by atoms with E-state index in [4.69, 9.17) is 4.74 Å². The first-order chi connectivity index (χ1) is 14.7. The molecule has 2 aromatic carbocycles. The molecule has 0 aliphatic carbocycles. The molecule has 0 amide bonds. The first-order valence-electron chi connectivity index (χ1n) is 10.3. The van der Waals surface area contributed by atoms with Crippen LogP contribution in [0.1, 0.15) is 67.6 Å². The summed E-state index contributed by atoms with van der Waals surface area (Å²) in [7, 11) is 0. The van der Waals surface area contributed by atoms with Crippen molar-refractivity contribution in [2.45, 2.75) is 46.1 Å². The lowest BCUT2D eigenvalue weighted by atomic mass is 9.93. The second-order valence-corrected chi connectivity index (χ2v) is 8.21. The van der Waals surface area contributed by atoms with Gasteiger partial charge in [0.1, 0.15) is 28.9 Å². The monoisotopic (exact) mass is 424 g/mol. The van der Waals surface area contributed by atoms with Crippen LogP contribution in [-0.4, -0.2) is 26.2 Å². The van der Waals surface area contributed by atoms with Crippen LogP contribution in [0.25, 0.3) is 6.08 Å². The number of benzene rings is 2. The second-order valence-electron chi connectivity index (χ2n) is 8.21. The van der Waals surface area contributed by atoms with E-state index in [1.807, 2.05) is 13.0 Å². The van der Waals surface area contributed by atoms with Gasteiger partial charge in [-0.25, -0.2) is 0 Å². The van der Waals surface area contributed by atoms with Gasteiger partial charge in [-0.1, -0.05) is 36.8 Å². The molecule has 164 valence electrons. The molecule has 1 heterocycles. The Morgan fingerprint density at radius 1 is 1.13 bits per heavy atom. The third-order valence-corrected chi connectivity index (χ3v) is 5.34. The van der Waals surface area contributed by atoms with Gasteiger partial charge in [0, 0.05) is 6.07 Å². The summed E-state index contributed by atoms with van der Waals surface area (Å²) in [5.41, 5.74) is 1.99. The van der Waals surface area contributed by atoms with E-state index in [0.29, 0.717) is 5.56 Å². The molecule has 3 rings (SSSR count). The molecular weight excluding hydrogens is 396 g/mol. The van der Waals surface area contributed by atoms with Crippen molar-refractivity contribution in [3.8, 4) is 28.7 Å². The van der Waals surface area contributed by atoms with E-state index in [0.717, 1.165) is 12.8 Å². The Balaban J connectivity index is 1.84. The SMILES string of the molecule is CC(C)=CCCC(C)C=Cc1c(O)cc2c(c1O)C(=O)CC(c1ccc(O)c(O)c1)O2. The number of phenolic OH excluding ortho intramolecular Hbond substituents is 4. The van der Waals surface area contributed by atoms with Gasteiger partial charge in [-0.15, -0.1) is 0 Å². The Bertz CT molecular complexity index is 1050. The molecule has 0 spiro atoms. The summed E-state index contributed by atoms with van der Waals surface area (Å²) >= 11 is 0. The third kappa shape index (κ3) is 5.02. The molecule has 4 N–H and O–H groups in total. The number of aromatic hydroxyl groups is 4. The van der Waals surface area contributed by atoms with Crippen LogP contribution < -0.4 is 4.74 Å². The van der Waals surface area contributed by atoms with Crippen molar-refractivity contribution in [3.63, 3.8) is 0 Å². The fraction of sp³-hybridized carbons (Fsp3) is 0.320. The highest BCUT2D eigenvalue weighted by atomic mass is 16.5. The molecule has 0 bridgehead atoms. The number of carbonyl (C=O) groups excluding carboxylic acids is 1. The van der Waals surface area contributed by atoms with Crippen LogP contribution in [0.15, 0.2) is 42.0 Å². The average molecular weight is 424 g/mol. The molecule has 1 aliphatic rings. The van der Waals surface area contributed by atoms with Crippen molar-refractivity contribution >= 4 is 11.9 Å². The van der Waals surface area contributed by atoms with Crippen molar-refractivity contribution in [2.75, 3.05) is 0 Å². The third-order valence-electron chi connectivity index (χ3n) is 5.34. The molecule has 2 atom stereocenters. The molecule has 31 heavy (non-hydrogen) atoms. The quantitative estimate of drug-likeness (QED) is 0.355. The number of rotatable bonds is 6. The summed E-state index contributed by atoms with van der Waals surface area (Å²) in [4.78, 5) is 12.8. The highest BCUT2D eigenvalue weighted by molar-refractivity contribution is 6.04. The Hall–Kier alpha value is -3.41. The first kappa shape index (κ1) is 22.3. The minimum atomic E-state index is -0.707. The number of hydrogen-bond donors (Lipinski definition) is 4. The lowest BCUT2D eigenvalue weighted by Gasteiger charge is -2.27. The van der Waals surface area contributed by atoms with E-state index in [2.05, 4.69) is 19.9 Å². The van der Waals surface area contributed by atoms with Crippen LogP contribution in [0.2, 0.25) is 0 Å². The molecule has 6 heteroatoms. The molecule has 2 aromatic rings. The van der Waals surface area contributed by atoms with Crippen LogP contribution in [0.5, 0.6) is 28.7 Å². The molecule has 0 fully saturated rings. The Morgan fingerprint density at radius 2 is 1.87 bits per heavy atom. The number of fused-ring (bicyclic) bond motifs is 1. The van der Waals surface area contributed by atoms with Crippen LogP contribution in [0.3, 0.4) is 0 Å². The van der Waals surface area contributed by atoms with Gasteiger partial charge < -0.3 is 25.2 Å². The van der Waals surface area contributed by atoms with Gasteiger partial charge in [0.2, 0.25) is 0 Å². The Labute approximate surface area is 181 Å². The zero-order chi connectivity index (χ0) is 22.7. The normalized spacial score (nSPS) is 16.6. The highest BCUT2D eigenvalue weighted by Gasteiger charge is 2.32. The smallest absolute Gasteiger partial charge is 0.174 e. The second kappa shape index (κ2) is 9.16. The number of ketones is 1. The van der Waals surface area contributed by atoms with Gasteiger partial charge in [0.25, 0.3) is 0 Å². The standard InChI is InChI=1S/C25H28O6/c1-14(2)5-4-6-15(3)7-9-17-19(27)12-23-24(25(17)30)21(29)13-22(31-23)16-8-10-18(26)20(28)11-16/h5,7-12,15,22,26-28,30H,4,6,13H2,1-3H3. The number of hydrogen-bond acceptors (Lipinski definition) is 6. The van der Waals surface area contributed by atoms with Gasteiger partial charge in [-0.2, -0.15) is 0 Å². The summed E-state index contributed by atoms with van der Waals surface area (Å²) in [6.07, 6.45) is 6.82. The maximum Gasteiger partial charge on any atom is 0.174 e. The molecule has 0 aromatic heterocycles. The molecular formula is C25H28O6. The van der Waals surface area contributed by atoms with E-state index < -0.39 is 6.10 Å².